The molecular formula is C26H33ClN2O4S2. The number of benzene rings is 1. The number of pyridine rings is 1. The Morgan fingerprint density at radius 1 is 1.31 bits per heavy atom. The molecule has 0 aliphatic carbocycles. The van der Waals surface area contributed by atoms with Crippen LogP contribution in [0.1, 0.15) is 37.4 Å². The molecule has 3 atom stereocenters. The first-order chi connectivity index (χ1) is 16.5. The zero-order chi connectivity index (χ0) is 23.9. The number of carboxylic acids is 1. The maximum absolute atomic E-state index is 11.6. The van der Waals surface area contributed by atoms with Crippen LogP contribution in [0.15, 0.2) is 52.2 Å². The summed E-state index contributed by atoms with van der Waals surface area (Å²) in [5.74, 6) is 1.43. The summed E-state index contributed by atoms with van der Waals surface area (Å²) < 4.78 is 6.68. The van der Waals surface area contributed by atoms with Crippen LogP contribution in [0.5, 0.6) is 5.75 Å². The molecule has 2 aromatic heterocycles. The number of hydrogen-bond acceptors (Lipinski definition) is 7. The first kappa shape index (κ1) is 27.7. The average Bonchev–Trinajstić information content (AvgIpc) is 3.36. The van der Waals surface area contributed by atoms with E-state index >= 15 is 0 Å². The Balaban J connectivity index is 0.00000342. The van der Waals surface area contributed by atoms with Crippen molar-refractivity contribution in [3.63, 3.8) is 0 Å². The number of rotatable bonds is 11. The van der Waals surface area contributed by atoms with Crippen molar-refractivity contribution in [3.05, 3.63) is 53.5 Å². The van der Waals surface area contributed by atoms with E-state index in [0.29, 0.717) is 12.3 Å². The van der Waals surface area contributed by atoms with Crippen LogP contribution in [0.3, 0.4) is 0 Å². The fraction of sp³-hybridized carbons (Fsp3) is 0.462. The molecule has 0 radical (unpaired) electrons. The van der Waals surface area contributed by atoms with Gasteiger partial charge in [0.1, 0.15) is 5.75 Å². The Hall–Kier alpha value is -1.84. The third-order valence-electron chi connectivity index (χ3n) is 6.71. The fourth-order valence-electron chi connectivity index (χ4n) is 4.91. The van der Waals surface area contributed by atoms with Gasteiger partial charge in [0.2, 0.25) is 0 Å². The second-order valence-corrected chi connectivity index (χ2v) is 11.2. The molecule has 1 fully saturated rings. The number of nitrogens with zero attached hydrogens (tertiary/aromatic N) is 2. The van der Waals surface area contributed by atoms with E-state index in [1.54, 1.807) is 24.6 Å². The normalized spacial score (nSPS) is 19.3. The number of carboxylic acid groups (broad SMARTS) is 1. The Morgan fingerprint density at radius 3 is 2.91 bits per heavy atom. The maximum Gasteiger partial charge on any atom is 0.303 e. The third-order valence-corrected chi connectivity index (χ3v) is 8.82. The van der Waals surface area contributed by atoms with Crippen molar-refractivity contribution in [3.8, 4) is 5.75 Å². The molecule has 1 saturated heterocycles. The number of thioether (sulfide) groups is 1. The van der Waals surface area contributed by atoms with Crippen LogP contribution in [0.25, 0.3) is 10.9 Å². The zero-order valence-corrected chi connectivity index (χ0v) is 22.3. The molecule has 1 aromatic carbocycles. The number of aliphatic hydroxyl groups excluding tert-OH is 1. The van der Waals surface area contributed by atoms with Crippen LogP contribution >= 0.6 is 35.5 Å². The molecule has 35 heavy (non-hydrogen) atoms. The Labute approximate surface area is 221 Å². The van der Waals surface area contributed by atoms with Gasteiger partial charge < -0.3 is 19.8 Å². The van der Waals surface area contributed by atoms with E-state index in [4.69, 9.17) is 4.74 Å². The van der Waals surface area contributed by atoms with Crippen LogP contribution < -0.4 is 4.74 Å². The topological polar surface area (TPSA) is 82.9 Å². The molecule has 4 rings (SSSR count). The van der Waals surface area contributed by atoms with Gasteiger partial charge in [-0.1, -0.05) is 6.07 Å². The predicted octanol–water partition coefficient (Wildman–Crippen LogP) is 5.75. The first-order valence-electron chi connectivity index (χ1n) is 11.7. The molecule has 6 nitrogen and oxygen atoms in total. The smallest absolute Gasteiger partial charge is 0.303 e. The van der Waals surface area contributed by atoms with Crippen molar-refractivity contribution >= 4 is 52.4 Å². The number of hydrogen-bond donors (Lipinski definition) is 2. The van der Waals surface area contributed by atoms with Gasteiger partial charge in [0.05, 0.1) is 22.9 Å². The van der Waals surface area contributed by atoms with Gasteiger partial charge in [0, 0.05) is 36.8 Å². The van der Waals surface area contributed by atoms with E-state index in [2.05, 4.69) is 27.4 Å². The minimum absolute atomic E-state index is 0. The number of fused-ring (bicyclic) bond motifs is 1. The second kappa shape index (κ2) is 13.5. The lowest BCUT2D eigenvalue weighted by molar-refractivity contribution is -0.139. The van der Waals surface area contributed by atoms with Gasteiger partial charge in [-0.3, -0.25) is 9.78 Å². The van der Waals surface area contributed by atoms with Gasteiger partial charge in [0.15, 0.2) is 0 Å². The number of aliphatic carboxylic acids is 1. The lowest BCUT2D eigenvalue weighted by atomic mass is 9.79. The standard InChI is InChI=1S/C26H32N2O4S2.ClH/c1-32-20-5-6-23-22(16-20)21(8-10-27-23)24(29)7-4-18-9-11-28(17-19(18)15-25(30)31)12-14-34-26-3-2-13-33-26;/h2-3,5-6,8,10,13,16,18-19,24,29H,4,7,9,11-12,14-15,17H2,1H3,(H,30,31);1H/t18-,19+,24?;/m1./s1. The molecule has 1 unspecified atom stereocenters. The molecule has 9 heteroatoms. The van der Waals surface area contributed by atoms with Crippen LogP contribution in [-0.4, -0.2) is 58.6 Å². The minimum Gasteiger partial charge on any atom is -0.497 e. The van der Waals surface area contributed by atoms with Crippen molar-refractivity contribution in [2.75, 3.05) is 32.5 Å². The van der Waals surface area contributed by atoms with E-state index in [-0.39, 0.29) is 24.7 Å². The number of likely N-dealkylation sites (tertiary alicyclic amines) is 1. The summed E-state index contributed by atoms with van der Waals surface area (Å²) in [5, 5.41) is 23.5. The minimum atomic E-state index is -0.738. The molecule has 0 amide bonds. The highest BCUT2D eigenvalue weighted by atomic mass is 35.5. The van der Waals surface area contributed by atoms with Gasteiger partial charge in [0.25, 0.3) is 0 Å². The van der Waals surface area contributed by atoms with Gasteiger partial charge in [-0.15, -0.1) is 35.5 Å². The van der Waals surface area contributed by atoms with Crippen molar-refractivity contribution in [2.45, 2.75) is 36.0 Å². The second-order valence-electron chi connectivity index (χ2n) is 8.86. The summed E-state index contributed by atoms with van der Waals surface area (Å²) in [6.07, 6.45) is 3.68. The Morgan fingerprint density at radius 2 is 2.17 bits per heavy atom. The molecule has 0 saturated carbocycles. The van der Waals surface area contributed by atoms with Crippen LogP contribution in [0.4, 0.5) is 0 Å². The van der Waals surface area contributed by atoms with E-state index < -0.39 is 12.1 Å². The highest BCUT2D eigenvalue weighted by Gasteiger charge is 2.31. The van der Waals surface area contributed by atoms with Crippen molar-refractivity contribution in [1.82, 2.24) is 9.88 Å². The summed E-state index contributed by atoms with van der Waals surface area (Å²) in [6.45, 7) is 2.77. The molecule has 3 heterocycles. The zero-order valence-electron chi connectivity index (χ0n) is 19.8. The number of ether oxygens (including phenoxy) is 1. The monoisotopic (exact) mass is 536 g/mol. The van der Waals surface area contributed by atoms with Crippen molar-refractivity contribution in [2.24, 2.45) is 11.8 Å². The molecule has 2 N–H and O–H groups in total. The van der Waals surface area contributed by atoms with Crippen molar-refractivity contribution in [1.29, 1.82) is 0 Å². The molecule has 0 spiro atoms. The number of piperidine rings is 1. The molecule has 1 aliphatic rings. The van der Waals surface area contributed by atoms with Gasteiger partial charge in [-0.2, -0.15) is 0 Å². The number of carbonyl (C=O) groups is 1. The SMILES string of the molecule is COc1ccc2nccc(C(O)CC[C@@H]3CCN(CCSc4cccs4)C[C@@H]3CC(=O)O)c2c1.Cl. The lowest BCUT2D eigenvalue weighted by Gasteiger charge is -2.38. The van der Waals surface area contributed by atoms with Crippen LogP contribution in [-0.2, 0) is 4.79 Å². The highest BCUT2D eigenvalue weighted by molar-refractivity contribution is 8.01. The maximum atomic E-state index is 11.6. The van der Waals surface area contributed by atoms with E-state index in [1.165, 1.54) is 4.21 Å². The van der Waals surface area contributed by atoms with E-state index in [9.17, 15) is 15.0 Å². The summed E-state index contributed by atoms with van der Waals surface area (Å²) in [5.41, 5.74) is 1.68. The third kappa shape index (κ3) is 7.57. The summed E-state index contributed by atoms with van der Waals surface area (Å²) >= 11 is 3.63. The van der Waals surface area contributed by atoms with Gasteiger partial charge in [-0.05, 0) is 78.9 Å². The Bertz CT molecular complexity index is 1080. The predicted molar refractivity (Wildman–Crippen MR) is 145 cm³/mol. The molecule has 3 aromatic rings. The number of methoxy groups -OCH3 is 1. The number of thiophene rings is 1. The van der Waals surface area contributed by atoms with Gasteiger partial charge in [-0.25, -0.2) is 0 Å². The molecule has 1 aliphatic heterocycles. The molecule has 190 valence electrons. The summed E-state index contributed by atoms with van der Waals surface area (Å²) in [7, 11) is 1.63. The van der Waals surface area contributed by atoms with Crippen LogP contribution in [0, 0.1) is 11.8 Å². The summed E-state index contributed by atoms with van der Waals surface area (Å²) in [4.78, 5) is 18.4. The number of aromatic nitrogens is 1. The van der Waals surface area contributed by atoms with Crippen molar-refractivity contribution < 1.29 is 19.7 Å². The summed E-state index contributed by atoms with van der Waals surface area (Å²) in [6, 6.07) is 11.8. The van der Waals surface area contributed by atoms with E-state index in [0.717, 1.165) is 60.4 Å². The highest BCUT2D eigenvalue weighted by Crippen LogP contribution is 2.35. The Kier molecular flexibility index (Phi) is 10.7. The van der Waals surface area contributed by atoms with Crippen LogP contribution in [0.2, 0.25) is 0 Å². The fourth-order valence-corrected chi connectivity index (χ4v) is 6.77. The van der Waals surface area contributed by atoms with E-state index in [1.807, 2.05) is 36.0 Å². The first-order valence-corrected chi connectivity index (χ1v) is 13.6. The average molecular weight is 537 g/mol. The lowest BCUT2D eigenvalue weighted by Crippen LogP contribution is -2.42. The molecular weight excluding hydrogens is 504 g/mol. The molecule has 0 bridgehead atoms. The number of halogens is 1. The van der Waals surface area contributed by atoms with Gasteiger partial charge >= 0.3 is 5.97 Å². The quantitative estimate of drug-likeness (QED) is 0.302. The number of aliphatic hydroxyl groups is 1. The largest absolute Gasteiger partial charge is 0.497 e.